The fourth-order valence-electron chi connectivity index (χ4n) is 2.95. The minimum atomic E-state index is -0.854. The van der Waals surface area contributed by atoms with Crippen molar-refractivity contribution >= 4 is 11.6 Å². The van der Waals surface area contributed by atoms with Gasteiger partial charge in [-0.05, 0) is 30.9 Å². The summed E-state index contributed by atoms with van der Waals surface area (Å²) in [4.78, 5) is 24.0. The Bertz CT molecular complexity index is 740. The summed E-state index contributed by atoms with van der Waals surface area (Å²) in [5.41, 5.74) is -0.479. The number of rotatable bonds is 4. The van der Waals surface area contributed by atoms with Crippen LogP contribution >= 0.6 is 0 Å². The lowest BCUT2D eigenvalue weighted by Gasteiger charge is -2.32. The molecule has 7 nitrogen and oxygen atoms in total. The second kappa shape index (κ2) is 6.77. The molecule has 0 N–H and O–H groups in total. The molecular weight excluding hydrogens is 315 g/mol. The highest BCUT2D eigenvalue weighted by atomic mass is 19.1. The molecule has 0 bridgehead atoms. The highest BCUT2D eigenvalue weighted by molar-refractivity contribution is 5.94. The number of aromatic nitrogens is 2. The van der Waals surface area contributed by atoms with Gasteiger partial charge in [0, 0.05) is 38.1 Å². The predicted octanol–water partition coefficient (Wildman–Crippen LogP) is 2.48. The van der Waals surface area contributed by atoms with Crippen molar-refractivity contribution in [2.24, 2.45) is 5.92 Å². The molecule has 1 aromatic carbocycles. The van der Waals surface area contributed by atoms with Crippen LogP contribution in [-0.2, 0) is 6.54 Å². The molecule has 3 rings (SSSR count). The smallest absolute Gasteiger partial charge is 0.272 e. The number of carbonyl (C=O) groups excluding carboxylic acids is 1. The van der Waals surface area contributed by atoms with E-state index in [2.05, 4.69) is 5.10 Å². The van der Waals surface area contributed by atoms with E-state index in [9.17, 15) is 19.3 Å². The average Bonchev–Trinajstić information content (AvgIpc) is 3.08. The Hall–Kier alpha value is -2.77. The first kappa shape index (κ1) is 16.1. The van der Waals surface area contributed by atoms with Crippen LogP contribution in [0, 0.1) is 21.8 Å². The fourth-order valence-corrected chi connectivity index (χ4v) is 2.95. The van der Waals surface area contributed by atoms with Gasteiger partial charge in [0.1, 0.15) is 5.82 Å². The van der Waals surface area contributed by atoms with Gasteiger partial charge in [0.15, 0.2) is 0 Å². The van der Waals surface area contributed by atoms with Gasteiger partial charge in [0.05, 0.1) is 16.6 Å². The number of carbonyl (C=O) groups is 1. The van der Waals surface area contributed by atoms with Crippen molar-refractivity contribution in [1.29, 1.82) is 0 Å². The molecule has 2 aromatic rings. The van der Waals surface area contributed by atoms with E-state index < -0.39 is 16.6 Å². The first-order valence-corrected chi connectivity index (χ1v) is 7.75. The van der Waals surface area contributed by atoms with Gasteiger partial charge in [0.2, 0.25) is 0 Å². The highest BCUT2D eigenvalue weighted by Gasteiger charge is 2.26. The first-order valence-electron chi connectivity index (χ1n) is 7.75. The predicted molar refractivity (Wildman–Crippen MR) is 83.9 cm³/mol. The summed E-state index contributed by atoms with van der Waals surface area (Å²) in [6.07, 6.45) is 5.28. The number of likely N-dealkylation sites (tertiary alicyclic amines) is 1. The quantitative estimate of drug-likeness (QED) is 0.636. The van der Waals surface area contributed by atoms with Crippen LogP contribution in [0.25, 0.3) is 0 Å². The second-order valence-corrected chi connectivity index (χ2v) is 5.88. The molecule has 0 unspecified atom stereocenters. The Morgan fingerprint density at radius 3 is 2.71 bits per heavy atom. The van der Waals surface area contributed by atoms with Crippen LogP contribution in [0.4, 0.5) is 10.1 Å². The normalized spacial score (nSPS) is 15.5. The van der Waals surface area contributed by atoms with Crippen molar-refractivity contribution in [2.45, 2.75) is 19.4 Å². The van der Waals surface area contributed by atoms with E-state index in [1.54, 1.807) is 11.1 Å². The summed E-state index contributed by atoms with van der Waals surface area (Å²) in [5.74, 6) is -0.844. The molecule has 0 aliphatic carbocycles. The first-order chi connectivity index (χ1) is 11.5. The van der Waals surface area contributed by atoms with Crippen molar-refractivity contribution in [2.75, 3.05) is 13.1 Å². The number of amides is 1. The number of hydrogen-bond acceptors (Lipinski definition) is 4. The average molecular weight is 332 g/mol. The number of nitro groups is 1. The van der Waals surface area contributed by atoms with Crippen LogP contribution in [0.3, 0.4) is 0 Å². The van der Waals surface area contributed by atoms with Crippen molar-refractivity contribution in [1.82, 2.24) is 14.7 Å². The third-order valence-electron chi connectivity index (χ3n) is 4.30. The maximum Gasteiger partial charge on any atom is 0.272 e. The standard InChI is InChI=1S/C16H17FN4O3/c17-15-10-13(21(23)24)2-3-14(15)16(22)19-8-4-12(5-9-19)11-20-7-1-6-18-20/h1-3,6-7,10,12H,4-5,8-9,11H2. The van der Waals surface area contributed by atoms with E-state index in [0.717, 1.165) is 31.5 Å². The molecule has 0 spiro atoms. The largest absolute Gasteiger partial charge is 0.339 e. The fraction of sp³-hybridized carbons (Fsp3) is 0.375. The van der Waals surface area contributed by atoms with Crippen molar-refractivity contribution in [3.05, 3.63) is 58.2 Å². The van der Waals surface area contributed by atoms with E-state index in [-0.39, 0.29) is 11.3 Å². The van der Waals surface area contributed by atoms with Crippen molar-refractivity contribution in [3.63, 3.8) is 0 Å². The lowest BCUT2D eigenvalue weighted by Crippen LogP contribution is -2.39. The second-order valence-electron chi connectivity index (χ2n) is 5.88. The van der Waals surface area contributed by atoms with Crippen LogP contribution in [0.5, 0.6) is 0 Å². The summed E-state index contributed by atoms with van der Waals surface area (Å²) in [6.45, 7) is 1.89. The number of nitro benzene ring substituents is 1. The van der Waals surface area contributed by atoms with Gasteiger partial charge in [-0.25, -0.2) is 4.39 Å². The molecule has 1 aliphatic rings. The zero-order valence-corrected chi connectivity index (χ0v) is 13.0. The van der Waals surface area contributed by atoms with E-state index in [0.29, 0.717) is 19.0 Å². The van der Waals surface area contributed by atoms with E-state index in [1.165, 1.54) is 6.07 Å². The summed E-state index contributed by atoms with van der Waals surface area (Å²) in [7, 11) is 0. The van der Waals surface area contributed by atoms with Gasteiger partial charge < -0.3 is 4.90 Å². The molecule has 1 amide bonds. The van der Waals surface area contributed by atoms with E-state index in [4.69, 9.17) is 0 Å². The molecule has 0 atom stereocenters. The van der Waals surface area contributed by atoms with Crippen LogP contribution in [0.15, 0.2) is 36.7 Å². The van der Waals surface area contributed by atoms with Gasteiger partial charge in [-0.2, -0.15) is 5.10 Å². The Balaban J connectivity index is 1.62. The summed E-state index contributed by atoms with van der Waals surface area (Å²) in [5, 5.41) is 14.8. The molecule has 0 radical (unpaired) electrons. The number of hydrogen-bond donors (Lipinski definition) is 0. The number of piperidine rings is 1. The van der Waals surface area contributed by atoms with Gasteiger partial charge in [0.25, 0.3) is 11.6 Å². The van der Waals surface area contributed by atoms with Crippen LogP contribution in [0.1, 0.15) is 23.2 Å². The van der Waals surface area contributed by atoms with Gasteiger partial charge in [-0.15, -0.1) is 0 Å². The molecule has 1 aromatic heterocycles. The number of non-ortho nitro benzene ring substituents is 1. The van der Waals surface area contributed by atoms with Crippen LogP contribution in [-0.4, -0.2) is 38.6 Å². The minimum absolute atomic E-state index is 0.119. The minimum Gasteiger partial charge on any atom is -0.339 e. The third-order valence-corrected chi connectivity index (χ3v) is 4.30. The Morgan fingerprint density at radius 1 is 1.38 bits per heavy atom. The third kappa shape index (κ3) is 3.42. The monoisotopic (exact) mass is 332 g/mol. The molecule has 1 saturated heterocycles. The lowest BCUT2D eigenvalue weighted by molar-refractivity contribution is -0.385. The molecule has 8 heteroatoms. The zero-order chi connectivity index (χ0) is 17.1. The Labute approximate surface area is 137 Å². The maximum absolute atomic E-state index is 14.0. The van der Waals surface area contributed by atoms with Crippen molar-refractivity contribution in [3.8, 4) is 0 Å². The van der Waals surface area contributed by atoms with Crippen molar-refractivity contribution < 1.29 is 14.1 Å². The summed E-state index contributed by atoms with van der Waals surface area (Å²) in [6, 6.07) is 5.00. The lowest BCUT2D eigenvalue weighted by atomic mass is 9.96. The van der Waals surface area contributed by atoms with Crippen LogP contribution in [0.2, 0.25) is 0 Å². The maximum atomic E-state index is 14.0. The number of halogens is 1. The summed E-state index contributed by atoms with van der Waals surface area (Å²) < 4.78 is 15.9. The topological polar surface area (TPSA) is 81.3 Å². The van der Waals surface area contributed by atoms with Crippen LogP contribution < -0.4 is 0 Å². The van der Waals surface area contributed by atoms with Gasteiger partial charge in [-0.1, -0.05) is 0 Å². The SMILES string of the molecule is O=C(c1ccc([N+](=O)[O-])cc1F)N1CCC(Cn2cccn2)CC1. The molecular formula is C16H17FN4O3. The summed E-state index contributed by atoms with van der Waals surface area (Å²) >= 11 is 0. The van der Waals surface area contributed by atoms with E-state index in [1.807, 2.05) is 16.9 Å². The Morgan fingerprint density at radius 2 is 2.12 bits per heavy atom. The zero-order valence-electron chi connectivity index (χ0n) is 13.0. The number of benzene rings is 1. The van der Waals surface area contributed by atoms with E-state index >= 15 is 0 Å². The molecule has 2 heterocycles. The van der Waals surface area contributed by atoms with Gasteiger partial charge >= 0.3 is 0 Å². The number of nitrogens with zero attached hydrogens (tertiary/aromatic N) is 4. The molecule has 126 valence electrons. The molecule has 0 saturated carbocycles. The molecule has 1 fully saturated rings. The highest BCUT2D eigenvalue weighted by Crippen LogP contribution is 2.23. The van der Waals surface area contributed by atoms with Gasteiger partial charge in [-0.3, -0.25) is 19.6 Å². The molecule has 24 heavy (non-hydrogen) atoms. The Kier molecular flexibility index (Phi) is 4.54. The molecule has 1 aliphatic heterocycles.